The molecule has 2 aromatic carbocycles. The summed E-state index contributed by atoms with van der Waals surface area (Å²) >= 11 is 0. The van der Waals surface area contributed by atoms with Crippen molar-refractivity contribution in [2.24, 2.45) is 0 Å². The summed E-state index contributed by atoms with van der Waals surface area (Å²) in [4.78, 5) is 34.7. The van der Waals surface area contributed by atoms with E-state index in [-0.39, 0.29) is 23.2 Å². The number of methoxy groups -OCH3 is 1. The van der Waals surface area contributed by atoms with E-state index in [2.05, 4.69) is 10.1 Å². The smallest absolute Gasteiger partial charge is 0.328 e. The van der Waals surface area contributed by atoms with Crippen LogP contribution in [0.3, 0.4) is 0 Å². The molecule has 2 rings (SSSR count). The summed E-state index contributed by atoms with van der Waals surface area (Å²) in [6, 6.07) is 9.68. The molecule has 1 amide bonds. The van der Waals surface area contributed by atoms with Crippen LogP contribution in [0.4, 0.5) is 10.1 Å². The topological polar surface area (TPSA) is 98.5 Å². The molecule has 1 atom stereocenters. The van der Waals surface area contributed by atoms with E-state index in [1.807, 2.05) is 0 Å². The number of hydrogen-bond donors (Lipinski definition) is 1. The number of ether oxygens (including phenoxy) is 1. The van der Waals surface area contributed by atoms with E-state index in [1.54, 1.807) is 6.07 Å². The average molecular weight is 346 g/mol. The molecule has 0 aliphatic carbocycles. The molecule has 130 valence electrons. The van der Waals surface area contributed by atoms with Gasteiger partial charge in [0.25, 0.3) is 11.6 Å². The summed E-state index contributed by atoms with van der Waals surface area (Å²) in [6.45, 7) is 0. The minimum atomic E-state index is -1.15. The van der Waals surface area contributed by atoms with Crippen molar-refractivity contribution < 1.29 is 23.6 Å². The van der Waals surface area contributed by atoms with Gasteiger partial charge in [0.05, 0.1) is 12.0 Å². The fourth-order valence-electron chi connectivity index (χ4n) is 2.29. The van der Waals surface area contributed by atoms with Crippen LogP contribution in [-0.4, -0.2) is 30.0 Å². The van der Waals surface area contributed by atoms with E-state index >= 15 is 0 Å². The van der Waals surface area contributed by atoms with Crippen molar-refractivity contribution >= 4 is 17.6 Å². The van der Waals surface area contributed by atoms with Crippen LogP contribution in [0, 0.1) is 15.9 Å². The largest absolute Gasteiger partial charge is 0.467 e. The standard InChI is InChI=1S/C17H15FN2O5/c1-25-17(22)14(10-11-5-2-3-8-15(11)20(23)24)19-16(21)12-6-4-7-13(18)9-12/h2-9,14H,10H2,1H3,(H,19,21)/t14-/m1/s1. The van der Waals surface area contributed by atoms with Gasteiger partial charge in [-0.25, -0.2) is 9.18 Å². The number of rotatable bonds is 6. The number of para-hydroxylation sites is 1. The fourth-order valence-corrected chi connectivity index (χ4v) is 2.29. The van der Waals surface area contributed by atoms with Crippen molar-refractivity contribution in [3.05, 3.63) is 75.6 Å². The van der Waals surface area contributed by atoms with Crippen LogP contribution in [0.5, 0.6) is 0 Å². The zero-order valence-corrected chi connectivity index (χ0v) is 13.3. The molecule has 0 bridgehead atoms. The molecule has 1 N–H and O–H groups in total. The Morgan fingerprint density at radius 1 is 1.24 bits per heavy atom. The Labute approximate surface area is 142 Å². The van der Waals surface area contributed by atoms with Crippen molar-refractivity contribution in [2.45, 2.75) is 12.5 Å². The van der Waals surface area contributed by atoms with E-state index < -0.39 is 28.7 Å². The van der Waals surface area contributed by atoms with Crippen LogP contribution in [0.2, 0.25) is 0 Å². The lowest BCUT2D eigenvalue weighted by atomic mass is 10.0. The highest BCUT2D eigenvalue weighted by Gasteiger charge is 2.26. The second kappa shape index (κ2) is 8.00. The van der Waals surface area contributed by atoms with Crippen molar-refractivity contribution in [1.82, 2.24) is 5.32 Å². The first kappa shape index (κ1) is 18.1. The zero-order chi connectivity index (χ0) is 18.4. The highest BCUT2D eigenvalue weighted by Crippen LogP contribution is 2.19. The van der Waals surface area contributed by atoms with Crippen LogP contribution in [0.25, 0.3) is 0 Å². The van der Waals surface area contributed by atoms with Gasteiger partial charge in [-0.15, -0.1) is 0 Å². The summed E-state index contributed by atoms with van der Waals surface area (Å²) < 4.78 is 17.9. The molecule has 0 aliphatic rings. The maximum absolute atomic E-state index is 13.2. The lowest BCUT2D eigenvalue weighted by Gasteiger charge is -2.16. The quantitative estimate of drug-likeness (QED) is 0.491. The number of hydrogen-bond acceptors (Lipinski definition) is 5. The molecule has 0 aliphatic heterocycles. The molecule has 0 unspecified atom stereocenters. The third-order valence-corrected chi connectivity index (χ3v) is 3.49. The highest BCUT2D eigenvalue weighted by molar-refractivity contribution is 5.96. The van der Waals surface area contributed by atoms with Gasteiger partial charge in [-0.2, -0.15) is 0 Å². The van der Waals surface area contributed by atoms with Gasteiger partial charge in [-0.05, 0) is 18.2 Å². The molecule has 0 fully saturated rings. The van der Waals surface area contributed by atoms with Gasteiger partial charge in [0, 0.05) is 23.6 Å². The summed E-state index contributed by atoms with van der Waals surface area (Å²) in [6.07, 6.45) is -0.134. The lowest BCUT2D eigenvalue weighted by molar-refractivity contribution is -0.385. The Hall–Kier alpha value is -3.29. The molecule has 2 aromatic rings. The first-order valence-corrected chi connectivity index (χ1v) is 7.29. The molecule has 0 spiro atoms. The van der Waals surface area contributed by atoms with Crippen LogP contribution in [0.15, 0.2) is 48.5 Å². The second-order valence-corrected chi connectivity index (χ2v) is 5.15. The van der Waals surface area contributed by atoms with E-state index in [1.165, 1.54) is 36.4 Å². The summed E-state index contributed by atoms with van der Waals surface area (Å²) in [5, 5.41) is 13.5. The second-order valence-electron chi connectivity index (χ2n) is 5.15. The van der Waals surface area contributed by atoms with Gasteiger partial charge >= 0.3 is 5.97 Å². The van der Waals surface area contributed by atoms with Crippen LogP contribution >= 0.6 is 0 Å². The zero-order valence-electron chi connectivity index (χ0n) is 13.3. The van der Waals surface area contributed by atoms with Gasteiger partial charge in [0.1, 0.15) is 11.9 Å². The van der Waals surface area contributed by atoms with Crippen LogP contribution < -0.4 is 5.32 Å². The Kier molecular flexibility index (Phi) is 5.78. The molecule has 8 heteroatoms. The molecule has 0 aromatic heterocycles. The lowest BCUT2D eigenvalue weighted by Crippen LogP contribution is -2.43. The number of benzene rings is 2. The Morgan fingerprint density at radius 2 is 1.96 bits per heavy atom. The minimum Gasteiger partial charge on any atom is -0.467 e. The molecule has 25 heavy (non-hydrogen) atoms. The third kappa shape index (κ3) is 4.60. The third-order valence-electron chi connectivity index (χ3n) is 3.49. The molecule has 0 heterocycles. The maximum Gasteiger partial charge on any atom is 0.328 e. The van der Waals surface area contributed by atoms with Crippen LogP contribution in [-0.2, 0) is 16.0 Å². The normalized spacial score (nSPS) is 11.4. The van der Waals surface area contributed by atoms with Crippen molar-refractivity contribution in [1.29, 1.82) is 0 Å². The number of amides is 1. The average Bonchev–Trinajstić information content (AvgIpc) is 2.60. The molecular weight excluding hydrogens is 331 g/mol. The fraction of sp³-hybridized carbons (Fsp3) is 0.176. The van der Waals surface area contributed by atoms with Gasteiger partial charge in [0.15, 0.2) is 0 Å². The van der Waals surface area contributed by atoms with Crippen molar-refractivity contribution in [3.8, 4) is 0 Å². The molecule has 0 radical (unpaired) electrons. The predicted molar refractivity (Wildman–Crippen MR) is 86.5 cm³/mol. The summed E-state index contributed by atoms with van der Waals surface area (Å²) in [7, 11) is 1.14. The summed E-state index contributed by atoms with van der Waals surface area (Å²) in [5.74, 6) is -2.04. The maximum atomic E-state index is 13.2. The van der Waals surface area contributed by atoms with Crippen molar-refractivity contribution in [2.75, 3.05) is 7.11 Å². The highest BCUT2D eigenvalue weighted by atomic mass is 19.1. The van der Waals surface area contributed by atoms with E-state index in [0.29, 0.717) is 0 Å². The molecule has 7 nitrogen and oxygen atoms in total. The number of halogens is 1. The van der Waals surface area contributed by atoms with Crippen molar-refractivity contribution in [3.63, 3.8) is 0 Å². The summed E-state index contributed by atoms with van der Waals surface area (Å²) in [5.41, 5.74) is 0.121. The number of nitrogens with zero attached hydrogens (tertiary/aromatic N) is 1. The first-order chi connectivity index (χ1) is 11.9. The number of carbonyl (C=O) groups excluding carboxylic acids is 2. The molecular formula is C17H15FN2O5. The van der Waals surface area contributed by atoms with Gasteiger partial charge in [0.2, 0.25) is 0 Å². The monoisotopic (exact) mass is 346 g/mol. The Morgan fingerprint density at radius 3 is 2.60 bits per heavy atom. The van der Waals surface area contributed by atoms with Gasteiger partial charge < -0.3 is 10.1 Å². The Bertz CT molecular complexity index is 809. The van der Waals surface area contributed by atoms with E-state index in [9.17, 15) is 24.1 Å². The van der Waals surface area contributed by atoms with Gasteiger partial charge in [-0.3, -0.25) is 14.9 Å². The number of nitro benzene ring substituents is 1. The number of nitro groups is 1. The Balaban J connectivity index is 2.24. The first-order valence-electron chi connectivity index (χ1n) is 7.29. The SMILES string of the molecule is COC(=O)[C@@H](Cc1ccccc1[N+](=O)[O-])NC(=O)c1cccc(F)c1. The number of carbonyl (C=O) groups is 2. The van der Waals surface area contributed by atoms with E-state index in [4.69, 9.17) is 0 Å². The number of nitrogens with one attached hydrogen (secondary N) is 1. The minimum absolute atomic E-state index is 0.0245. The molecule has 0 saturated heterocycles. The van der Waals surface area contributed by atoms with E-state index in [0.717, 1.165) is 13.2 Å². The predicted octanol–water partition coefficient (Wildman–Crippen LogP) is 2.25. The van der Waals surface area contributed by atoms with Gasteiger partial charge in [-0.1, -0.05) is 24.3 Å². The number of esters is 1. The molecule has 0 saturated carbocycles. The van der Waals surface area contributed by atoms with Crippen LogP contribution in [0.1, 0.15) is 15.9 Å².